The smallest absolute Gasteiger partial charge is 0.223 e. The summed E-state index contributed by atoms with van der Waals surface area (Å²) < 4.78 is 0. The highest BCUT2D eigenvalue weighted by Gasteiger charge is 2.46. The molecule has 1 aromatic rings. The van der Waals surface area contributed by atoms with Crippen molar-refractivity contribution in [2.45, 2.75) is 24.9 Å². The summed E-state index contributed by atoms with van der Waals surface area (Å²) >= 11 is 0. The maximum Gasteiger partial charge on any atom is 0.223 e. The first kappa shape index (κ1) is 12.6. The van der Waals surface area contributed by atoms with Crippen LogP contribution in [0.5, 0.6) is 0 Å². The second-order valence-corrected chi connectivity index (χ2v) is 5.54. The van der Waals surface area contributed by atoms with Gasteiger partial charge >= 0.3 is 0 Å². The molecule has 4 nitrogen and oxygen atoms in total. The van der Waals surface area contributed by atoms with Gasteiger partial charge in [0.25, 0.3) is 0 Å². The Hall–Kier alpha value is -1.39. The number of hydrogen-bond acceptors (Lipinski definition) is 3. The van der Waals surface area contributed by atoms with E-state index in [1.165, 1.54) is 5.56 Å². The molecule has 102 valence electrons. The van der Waals surface area contributed by atoms with Crippen LogP contribution in [-0.4, -0.2) is 36.5 Å². The number of nitrogens with zero attached hydrogens (tertiary/aromatic N) is 1. The fourth-order valence-corrected chi connectivity index (χ4v) is 3.37. The van der Waals surface area contributed by atoms with E-state index >= 15 is 0 Å². The number of nitrogens with one attached hydrogen (secondary N) is 1. The van der Waals surface area contributed by atoms with E-state index in [-0.39, 0.29) is 17.9 Å². The van der Waals surface area contributed by atoms with E-state index in [2.05, 4.69) is 22.3 Å². The molecule has 4 heteroatoms. The summed E-state index contributed by atoms with van der Waals surface area (Å²) in [6.45, 7) is 2.97. The number of piperidine rings is 1. The van der Waals surface area contributed by atoms with Crippen LogP contribution in [0.15, 0.2) is 30.3 Å². The summed E-state index contributed by atoms with van der Waals surface area (Å²) in [7, 11) is 0. The van der Waals surface area contributed by atoms with Gasteiger partial charge in [-0.05, 0) is 31.5 Å². The van der Waals surface area contributed by atoms with Gasteiger partial charge in [0.15, 0.2) is 0 Å². The average molecular weight is 259 g/mol. The molecule has 3 rings (SSSR count). The van der Waals surface area contributed by atoms with Crippen LogP contribution in [0.4, 0.5) is 0 Å². The fraction of sp³-hybridized carbons (Fsp3) is 0.533. The average Bonchev–Trinajstić information content (AvgIpc) is 2.39. The second-order valence-electron chi connectivity index (χ2n) is 5.54. The van der Waals surface area contributed by atoms with Gasteiger partial charge in [-0.1, -0.05) is 30.3 Å². The Morgan fingerprint density at radius 3 is 2.53 bits per heavy atom. The number of primary amides is 1. The Balaban J connectivity index is 1.80. The number of carbonyl (C=O) groups is 1. The summed E-state index contributed by atoms with van der Waals surface area (Å²) in [5, 5.41) is 3.39. The van der Waals surface area contributed by atoms with E-state index in [1.54, 1.807) is 0 Å². The van der Waals surface area contributed by atoms with Crippen molar-refractivity contribution in [2.24, 2.45) is 11.7 Å². The Morgan fingerprint density at radius 2 is 1.89 bits per heavy atom. The Bertz CT molecular complexity index is 442. The SMILES string of the molecule is NC(=O)C1CN(C2CCNCC2)C1c1ccccc1. The Kier molecular flexibility index (Phi) is 3.53. The van der Waals surface area contributed by atoms with E-state index in [9.17, 15) is 4.79 Å². The van der Waals surface area contributed by atoms with Gasteiger partial charge in [-0.2, -0.15) is 0 Å². The first-order chi connectivity index (χ1) is 9.27. The molecule has 2 unspecified atom stereocenters. The van der Waals surface area contributed by atoms with E-state index in [0.717, 1.165) is 32.5 Å². The van der Waals surface area contributed by atoms with Crippen molar-refractivity contribution in [1.82, 2.24) is 10.2 Å². The highest BCUT2D eigenvalue weighted by Crippen LogP contribution is 2.41. The lowest BCUT2D eigenvalue weighted by Crippen LogP contribution is -2.60. The van der Waals surface area contributed by atoms with Crippen LogP contribution in [0.2, 0.25) is 0 Å². The molecular formula is C15H21N3O. The molecule has 2 saturated heterocycles. The third-order valence-corrected chi connectivity index (χ3v) is 4.43. The summed E-state index contributed by atoms with van der Waals surface area (Å²) in [6.07, 6.45) is 2.32. The lowest BCUT2D eigenvalue weighted by Gasteiger charge is -2.52. The highest BCUT2D eigenvalue weighted by molar-refractivity contribution is 5.79. The monoisotopic (exact) mass is 259 g/mol. The third-order valence-electron chi connectivity index (χ3n) is 4.43. The lowest BCUT2D eigenvalue weighted by atomic mass is 9.80. The normalized spacial score (nSPS) is 28.8. The van der Waals surface area contributed by atoms with E-state index in [1.807, 2.05) is 18.2 Å². The van der Waals surface area contributed by atoms with Gasteiger partial charge < -0.3 is 11.1 Å². The molecule has 0 bridgehead atoms. The van der Waals surface area contributed by atoms with Crippen molar-refractivity contribution in [1.29, 1.82) is 0 Å². The number of likely N-dealkylation sites (tertiary alicyclic amines) is 1. The lowest BCUT2D eigenvalue weighted by molar-refractivity contribution is -0.135. The number of carbonyl (C=O) groups excluding carboxylic acids is 1. The van der Waals surface area contributed by atoms with Crippen molar-refractivity contribution < 1.29 is 4.79 Å². The maximum atomic E-state index is 11.6. The third kappa shape index (κ3) is 2.38. The van der Waals surface area contributed by atoms with Crippen molar-refractivity contribution in [3.8, 4) is 0 Å². The van der Waals surface area contributed by atoms with Gasteiger partial charge in [-0.15, -0.1) is 0 Å². The largest absolute Gasteiger partial charge is 0.369 e. The Morgan fingerprint density at radius 1 is 1.21 bits per heavy atom. The number of amides is 1. The molecule has 2 aliphatic heterocycles. The van der Waals surface area contributed by atoms with Crippen LogP contribution < -0.4 is 11.1 Å². The molecule has 0 radical (unpaired) electrons. The van der Waals surface area contributed by atoms with Gasteiger partial charge in [0.2, 0.25) is 5.91 Å². The first-order valence-electron chi connectivity index (χ1n) is 7.08. The summed E-state index contributed by atoms with van der Waals surface area (Å²) in [4.78, 5) is 14.0. The predicted octanol–water partition coefficient (Wildman–Crippen LogP) is 0.897. The molecule has 2 fully saturated rings. The minimum absolute atomic E-state index is 0.0303. The van der Waals surface area contributed by atoms with Crippen LogP contribution in [0.25, 0.3) is 0 Å². The molecule has 1 aromatic carbocycles. The zero-order valence-electron chi connectivity index (χ0n) is 11.1. The maximum absolute atomic E-state index is 11.6. The zero-order chi connectivity index (χ0) is 13.2. The summed E-state index contributed by atoms with van der Waals surface area (Å²) in [6, 6.07) is 11.1. The molecule has 0 aliphatic carbocycles. The van der Waals surface area contributed by atoms with Gasteiger partial charge in [-0.25, -0.2) is 0 Å². The highest BCUT2D eigenvalue weighted by atomic mass is 16.1. The Labute approximate surface area is 114 Å². The van der Waals surface area contributed by atoms with Gasteiger partial charge in [-0.3, -0.25) is 9.69 Å². The molecule has 2 heterocycles. The van der Waals surface area contributed by atoms with Crippen molar-refractivity contribution in [2.75, 3.05) is 19.6 Å². The minimum Gasteiger partial charge on any atom is -0.369 e. The predicted molar refractivity (Wildman–Crippen MR) is 74.5 cm³/mol. The second kappa shape index (κ2) is 5.31. The van der Waals surface area contributed by atoms with Gasteiger partial charge in [0.1, 0.15) is 0 Å². The van der Waals surface area contributed by atoms with Crippen LogP contribution in [0, 0.1) is 5.92 Å². The molecule has 2 atom stereocenters. The van der Waals surface area contributed by atoms with Crippen molar-refractivity contribution in [3.05, 3.63) is 35.9 Å². The molecule has 3 N–H and O–H groups in total. The van der Waals surface area contributed by atoms with E-state index < -0.39 is 0 Å². The van der Waals surface area contributed by atoms with Crippen LogP contribution in [0.1, 0.15) is 24.4 Å². The number of benzene rings is 1. The quantitative estimate of drug-likeness (QED) is 0.848. The van der Waals surface area contributed by atoms with E-state index in [4.69, 9.17) is 5.73 Å². The minimum atomic E-state index is -0.168. The number of nitrogens with two attached hydrogens (primary N) is 1. The molecule has 0 saturated carbocycles. The van der Waals surface area contributed by atoms with Crippen LogP contribution in [-0.2, 0) is 4.79 Å². The first-order valence-corrected chi connectivity index (χ1v) is 7.08. The topological polar surface area (TPSA) is 58.4 Å². The van der Waals surface area contributed by atoms with Gasteiger partial charge in [0, 0.05) is 18.6 Å². The molecule has 19 heavy (non-hydrogen) atoms. The summed E-state index contributed by atoms with van der Waals surface area (Å²) in [5.41, 5.74) is 6.76. The molecule has 0 spiro atoms. The molecule has 0 aromatic heterocycles. The van der Waals surface area contributed by atoms with Crippen LogP contribution in [0.3, 0.4) is 0 Å². The number of rotatable bonds is 3. The van der Waals surface area contributed by atoms with Gasteiger partial charge in [0.05, 0.1) is 5.92 Å². The molecule has 1 amide bonds. The summed E-state index contributed by atoms with van der Waals surface area (Å²) in [5.74, 6) is -0.198. The van der Waals surface area contributed by atoms with Crippen molar-refractivity contribution in [3.63, 3.8) is 0 Å². The molecule has 2 aliphatic rings. The number of hydrogen-bond donors (Lipinski definition) is 2. The molecular weight excluding hydrogens is 238 g/mol. The zero-order valence-corrected chi connectivity index (χ0v) is 11.1. The van der Waals surface area contributed by atoms with E-state index in [0.29, 0.717) is 6.04 Å². The van der Waals surface area contributed by atoms with Crippen molar-refractivity contribution >= 4 is 5.91 Å². The van der Waals surface area contributed by atoms with Crippen LogP contribution >= 0.6 is 0 Å². The fourth-order valence-electron chi connectivity index (χ4n) is 3.37. The standard InChI is InChI=1S/C15H21N3O/c16-15(19)13-10-18(12-6-8-17-9-7-12)14(13)11-4-2-1-3-5-11/h1-5,12-14,17H,6-10H2,(H2,16,19).